The highest BCUT2D eigenvalue weighted by molar-refractivity contribution is 7.89. The Morgan fingerprint density at radius 2 is 1.65 bits per heavy atom. The quantitative estimate of drug-likeness (QED) is 0.776. The molecule has 1 amide bonds. The first-order valence-corrected chi connectivity index (χ1v) is 10.1. The number of carbonyl (C=O) groups excluding carboxylic acids is 1. The van der Waals surface area contributed by atoms with Gasteiger partial charge in [0, 0.05) is 31.4 Å². The molecule has 0 N–H and O–H groups in total. The molecule has 2 aromatic carbocycles. The monoisotopic (exact) mass is 374 g/mol. The molecule has 0 atom stereocenters. The summed E-state index contributed by atoms with van der Waals surface area (Å²) < 4.78 is 26.8. The zero-order valence-corrected chi connectivity index (χ0v) is 16.8. The lowest BCUT2D eigenvalue weighted by atomic mass is 10.1. The predicted molar refractivity (Wildman–Crippen MR) is 105 cm³/mol. The fourth-order valence-electron chi connectivity index (χ4n) is 2.89. The predicted octanol–water partition coefficient (Wildman–Crippen LogP) is 3.61. The Balaban J connectivity index is 2.41. The van der Waals surface area contributed by atoms with Gasteiger partial charge in [-0.05, 0) is 49.2 Å². The first kappa shape index (κ1) is 20.1. The minimum Gasteiger partial charge on any atom is -0.311 e. The topological polar surface area (TPSA) is 57.7 Å². The number of rotatable bonds is 6. The summed E-state index contributed by atoms with van der Waals surface area (Å²) in [6.07, 6.45) is 0. The summed E-state index contributed by atoms with van der Waals surface area (Å²) in [6.45, 7) is 8.28. The van der Waals surface area contributed by atoms with Gasteiger partial charge in [0.15, 0.2) is 0 Å². The van der Waals surface area contributed by atoms with Crippen LogP contribution in [-0.4, -0.2) is 38.8 Å². The van der Waals surface area contributed by atoms with Gasteiger partial charge in [-0.2, -0.15) is 4.31 Å². The van der Waals surface area contributed by atoms with Crippen LogP contribution in [0.5, 0.6) is 0 Å². The van der Waals surface area contributed by atoms with E-state index >= 15 is 0 Å². The van der Waals surface area contributed by atoms with Gasteiger partial charge in [-0.1, -0.05) is 32.0 Å². The summed E-state index contributed by atoms with van der Waals surface area (Å²) in [5.41, 5.74) is 3.20. The molecule has 5 nitrogen and oxygen atoms in total. The summed E-state index contributed by atoms with van der Waals surface area (Å²) in [4.78, 5) is 14.6. The van der Waals surface area contributed by atoms with Crippen LogP contribution in [0, 0.1) is 13.8 Å². The molecule has 140 valence electrons. The maximum atomic E-state index is 12.9. The first-order valence-electron chi connectivity index (χ1n) is 8.67. The number of aryl methyl sites for hydroxylation is 2. The fraction of sp³-hybridized carbons (Fsp3) is 0.350. The molecule has 0 spiro atoms. The van der Waals surface area contributed by atoms with Crippen molar-refractivity contribution in [3.8, 4) is 0 Å². The summed E-state index contributed by atoms with van der Waals surface area (Å²) in [5, 5.41) is 0. The molecule has 2 aromatic rings. The lowest BCUT2D eigenvalue weighted by Crippen LogP contribution is -2.31. The minimum absolute atomic E-state index is 0.140. The van der Waals surface area contributed by atoms with E-state index in [0.29, 0.717) is 18.7 Å². The highest BCUT2D eigenvalue weighted by Gasteiger charge is 2.23. The Bertz CT molecular complexity index is 903. The molecular formula is C20H26N2O3S. The highest BCUT2D eigenvalue weighted by atomic mass is 32.2. The van der Waals surface area contributed by atoms with Gasteiger partial charge < -0.3 is 4.90 Å². The number of amides is 1. The Hall–Kier alpha value is -2.18. The second-order valence-electron chi connectivity index (χ2n) is 6.27. The van der Waals surface area contributed by atoms with E-state index in [9.17, 15) is 13.2 Å². The third-order valence-electron chi connectivity index (χ3n) is 4.45. The van der Waals surface area contributed by atoms with E-state index in [1.54, 1.807) is 37.9 Å². The van der Waals surface area contributed by atoms with Crippen LogP contribution in [-0.2, 0) is 10.0 Å². The van der Waals surface area contributed by atoms with Crippen molar-refractivity contribution in [1.29, 1.82) is 0 Å². The van der Waals surface area contributed by atoms with E-state index in [4.69, 9.17) is 0 Å². The van der Waals surface area contributed by atoms with Gasteiger partial charge in [-0.3, -0.25) is 4.79 Å². The Morgan fingerprint density at radius 1 is 1.00 bits per heavy atom. The molecule has 0 saturated heterocycles. The Kier molecular flexibility index (Phi) is 6.21. The van der Waals surface area contributed by atoms with Crippen molar-refractivity contribution in [2.24, 2.45) is 0 Å². The molecule has 0 fully saturated rings. The van der Waals surface area contributed by atoms with E-state index in [-0.39, 0.29) is 10.8 Å². The fourth-order valence-corrected chi connectivity index (χ4v) is 4.39. The van der Waals surface area contributed by atoms with Crippen molar-refractivity contribution in [2.75, 3.05) is 25.0 Å². The Labute approximate surface area is 156 Å². The van der Waals surface area contributed by atoms with E-state index in [2.05, 4.69) is 0 Å². The number of nitrogens with zero attached hydrogens (tertiary/aromatic N) is 2. The van der Waals surface area contributed by atoms with Crippen molar-refractivity contribution >= 4 is 21.6 Å². The van der Waals surface area contributed by atoms with Gasteiger partial charge in [-0.25, -0.2) is 8.42 Å². The molecule has 6 heteroatoms. The molecule has 2 rings (SSSR count). The van der Waals surface area contributed by atoms with Gasteiger partial charge in [-0.15, -0.1) is 0 Å². The number of hydrogen-bond acceptors (Lipinski definition) is 3. The second-order valence-corrected chi connectivity index (χ2v) is 8.21. The van der Waals surface area contributed by atoms with Gasteiger partial charge in [0.1, 0.15) is 0 Å². The molecule has 0 aliphatic carbocycles. The average Bonchev–Trinajstić information content (AvgIpc) is 2.63. The lowest BCUT2D eigenvalue weighted by Gasteiger charge is -2.21. The number of anilines is 1. The molecule has 0 radical (unpaired) electrons. The standard InChI is InChI=1S/C20H26N2O3S/c1-6-22(7-2)26(24,25)18-10-8-9-17(14-18)20(23)21(5)19-13-15(3)11-12-16(19)4/h8-14H,6-7H2,1-5H3. The van der Waals surface area contributed by atoms with Crippen molar-refractivity contribution < 1.29 is 13.2 Å². The average molecular weight is 375 g/mol. The normalized spacial score (nSPS) is 11.6. The van der Waals surface area contributed by atoms with Crippen molar-refractivity contribution in [3.63, 3.8) is 0 Å². The van der Waals surface area contributed by atoms with Gasteiger partial charge in [0.25, 0.3) is 5.91 Å². The molecule has 0 bridgehead atoms. The maximum Gasteiger partial charge on any atom is 0.258 e. The SMILES string of the molecule is CCN(CC)S(=O)(=O)c1cccc(C(=O)N(C)c2cc(C)ccc2C)c1. The molecular weight excluding hydrogens is 348 g/mol. The minimum atomic E-state index is -3.60. The second kappa shape index (κ2) is 8.01. The van der Waals surface area contributed by atoms with Crippen LogP contribution in [0.25, 0.3) is 0 Å². The number of hydrogen-bond donors (Lipinski definition) is 0. The van der Waals surface area contributed by atoms with Crippen LogP contribution in [0.2, 0.25) is 0 Å². The number of benzene rings is 2. The molecule has 0 heterocycles. The number of sulfonamides is 1. The molecule has 0 unspecified atom stereocenters. The zero-order chi connectivity index (χ0) is 19.5. The molecule has 0 aliphatic heterocycles. The zero-order valence-electron chi connectivity index (χ0n) is 16.0. The third kappa shape index (κ3) is 3.97. The van der Waals surface area contributed by atoms with Crippen LogP contribution in [0.4, 0.5) is 5.69 Å². The first-order chi connectivity index (χ1) is 12.2. The molecule has 0 aliphatic rings. The van der Waals surface area contributed by atoms with Crippen LogP contribution < -0.4 is 4.90 Å². The summed E-state index contributed by atoms with van der Waals surface area (Å²) in [7, 11) is -1.90. The van der Waals surface area contributed by atoms with Crippen LogP contribution in [0.1, 0.15) is 35.3 Å². The van der Waals surface area contributed by atoms with Crippen molar-refractivity contribution in [1.82, 2.24) is 4.31 Å². The van der Waals surface area contributed by atoms with Crippen LogP contribution in [0.15, 0.2) is 47.4 Å². The van der Waals surface area contributed by atoms with E-state index < -0.39 is 10.0 Å². The smallest absolute Gasteiger partial charge is 0.258 e. The Morgan fingerprint density at radius 3 is 2.27 bits per heavy atom. The van der Waals surface area contributed by atoms with Crippen LogP contribution >= 0.6 is 0 Å². The van der Waals surface area contributed by atoms with E-state index in [1.807, 2.05) is 32.0 Å². The lowest BCUT2D eigenvalue weighted by molar-refractivity contribution is 0.0992. The summed E-state index contributed by atoms with van der Waals surface area (Å²) >= 11 is 0. The molecule has 26 heavy (non-hydrogen) atoms. The van der Waals surface area contributed by atoms with Crippen molar-refractivity contribution in [2.45, 2.75) is 32.6 Å². The van der Waals surface area contributed by atoms with E-state index in [1.165, 1.54) is 16.4 Å². The summed E-state index contributed by atoms with van der Waals surface area (Å²) in [5.74, 6) is -0.240. The summed E-state index contributed by atoms with van der Waals surface area (Å²) in [6, 6.07) is 12.2. The molecule has 0 aromatic heterocycles. The largest absolute Gasteiger partial charge is 0.311 e. The number of carbonyl (C=O) groups is 1. The third-order valence-corrected chi connectivity index (χ3v) is 6.50. The van der Waals surface area contributed by atoms with Gasteiger partial charge in [0.2, 0.25) is 10.0 Å². The van der Waals surface area contributed by atoms with Gasteiger partial charge >= 0.3 is 0 Å². The highest BCUT2D eigenvalue weighted by Crippen LogP contribution is 2.23. The van der Waals surface area contributed by atoms with Crippen molar-refractivity contribution in [3.05, 3.63) is 59.2 Å². The maximum absolute atomic E-state index is 12.9. The van der Waals surface area contributed by atoms with Gasteiger partial charge in [0.05, 0.1) is 4.90 Å². The molecule has 0 saturated carbocycles. The van der Waals surface area contributed by atoms with Crippen LogP contribution in [0.3, 0.4) is 0 Å². The van der Waals surface area contributed by atoms with E-state index in [0.717, 1.165) is 16.8 Å².